The van der Waals surface area contributed by atoms with Gasteiger partial charge in [0.25, 0.3) is 5.91 Å². The first-order valence-corrected chi connectivity index (χ1v) is 8.86. The molecule has 0 unspecified atom stereocenters. The first kappa shape index (κ1) is 17.7. The van der Waals surface area contributed by atoms with Crippen LogP contribution in [0.4, 0.5) is 0 Å². The van der Waals surface area contributed by atoms with Gasteiger partial charge in [-0.25, -0.2) is 4.98 Å². The molecule has 2 saturated heterocycles. The Labute approximate surface area is 147 Å². The van der Waals surface area contributed by atoms with E-state index >= 15 is 0 Å². The Kier molecular flexibility index (Phi) is 4.94. The van der Waals surface area contributed by atoms with Crippen molar-refractivity contribution in [1.29, 1.82) is 0 Å². The van der Waals surface area contributed by atoms with E-state index in [1.807, 2.05) is 0 Å². The number of hydrogen-bond acceptors (Lipinski definition) is 5. The van der Waals surface area contributed by atoms with Crippen LogP contribution in [0.15, 0.2) is 18.3 Å². The van der Waals surface area contributed by atoms with Crippen molar-refractivity contribution in [2.24, 2.45) is 5.41 Å². The second-order valence-electron chi connectivity index (χ2n) is 7.19. The third-order valence-electron chi connectivity index (χ3n) is 5.50. The second-order valence-corrected chi connectivity index (χ2v) is 7.19. The van der Waals surface area contributed by atoms with Crippen LogP contribution in [0.25, 0.3) is 0 Å². The van der Waals surface area contributed by atoms with Crippen LogP contribution >= 0.6 is 0 Å². The van der Waals surface area contributed by atoms with Crippen molar-refractivity contribution in [3.05, 3.63) is 24.0 Å². The van der Waals surface area contributed by atoms with E-state index in [0.717, 1.165) is 32.4 Å². The van der Waals surface area contributed by atoms with Crippen LogP contribution in [0.5, 0.6) is 5.75 Å². The largest absolute Gasteiger partial charge is 0.505 e. The lowest BCUT2D eigenvalue weighted by Crippen LogP contribution is -2.44. The van der Waals surface area contributed by atoms with Crippen molar-refractivity contribution in [1.82, 2.24) is 14.8 Å². The molecule has 2 aliphatic rings. The number of amides is 1. The Bertz CT molecular complexity index is 655. The van der Waals surface area contributed by atoms with Crippen molar-refractivity contribution >= 4 is 11.9 Å². The Balaban J connectivity index is 1.66. The van der Waals surface area contributed by atoms with Gasteiger partial charge in [-0.3, -0.25) is 14.5 Å². The van der Waals surface area contributed by atoms with Crippen molar-refractivity contribution in [3.63, 3.8) is 0 Å². The highest BCUT2D eigenvalue weighted by Gasteiger charge is 2.48. The third-order valence-corrected chi connectivity index (χ3v) is 5.50. The number of nitrogens with zero attached hydrogens (tertiary/aromatic N) is 3. The molecule has 25 heavy (non-hydrogen) atoms. The summed E-state index contributed by atoms with van der Waals surface area (Å²) in [6.45, 7) is 4.78. The molecule has 7 heteroatoms. The van der Waals surface area contributed by atoms with E-state index in [1.165, 1.54) is 12.3 Å². The predicted molar refractivity (Wildman–Crippen MR) is 91.4 cm³/mol. The molecule has 3 heterocycles. The smallest absolute Gasteiger partial charge is 0.320 e. The highest BCUT2D eigenvalue weighted by atomic mass is 16.4. The zero-order valence-corrected chi connectivity index (χ0v) is 14.5. The van der Waals surface area contributed by atoms with Gasteiger partial charge in [-0.2, -0.15) is 0 Å². The van der Waals surface area contributed by atoms with Crippen LogP contribution in [0.2, 0.25) is 0 Å². The number of aromatic nitrogens is 1. The average molecular weight is 347 g/mol. The summed E-state index contributed by atoms with van der Waals surface area (Å²) >= 11 is 0. The standard InChI is InChI=1S/C18H25N3O4/c1-2-8-21-12-18(11-13(21)17(24)25)5-9-20(10-6-18)16(23)15-14(22)4-3-7-19-15/h3-4,7,13,22H,2,5-6,8-12H2,1H3,(H,24,25)/t13-/m1/s1. The minimum Gasteiger partial charge on any atom is -0.505 e. The van der Waals surface area contributed by atoms with E-state index in [9.17, 15) is 19.8 Å². The monoisotopic (exact) mass is 347 g/mol. The first-order valence-electron chi connectivity index (χ1n) is 8.86. The van der Waals surface area contributed by atoms with E-state index in [-0.39, 0.29) is 22.8 Å². The summed E-state index contributed by atoms with van der Waals surface area (Å²) in [6.07, 6.45) is 4.66. The highest BCUT2D eigenvalue weighted by molar-refractivity contribution is 5.94. The summed E-state index contributed by atoms with van der Waals surface area (Å²) in [5, 5.41) is 19.3. The minimum atomic E-state index is -0.748. The summed E-state index contributed by atoms with van der Waals surface area (Å²) in [6, 6.07) is 2.63. The maximum absolute atomic E-state index is 12.6. The van der Waals surface area contributed by atoms with E-state index in [1.54, 1.807) is 11.0 Å². The van der Waals surface area contributed by atoms with Crippen molar-refractivity contribution in [3.8, 4) is 5.75 Å². The SMILES string of the molecule is CCCN1CC2(CCN(C(=O)c3ncccc3O)CC2)C[C@@H]1C(=O)O. The second kappa shape index (κ2) is 7.00. The molecule has 0 saturated carbocycles. The van der Waals surface area contributed by atoms with Gasteiger partial charge in [0.05, 0.1) is 0 Å². The zero-order chi connectivity index (χ0) is 18.0. The number of piperidine rings is 1. The Morgan fingerprint density at radius 1 is 1.36 bits per heavy atom. The number of pyridine rings is 1. The fourth-order valence-corrected chi connectivity index (χ4v) is 4.17. The topological polar surface area (TPSA) is 94.0 Å². The maximum Gasteiger partial charge on any atom is 0.320 e. The normalized spacial score (nSPS) is 23.1. The number of hydrogen-bond donors (Lipinski definition) is 2. The molecule has 2 fully saturated rings. The van der Waals surface area contributed by atoms with Crippen molar-refractivity contribution in [2.75, 3.05) is 26.2 Å². The summed E-state index contributed by atoms with van der Waals surface area (Å²) in [5.41, 5.74) is 0.0575. The van der Waals surface area contributed by atoms with E-state index in [0.29, 0.717) is 19.5 Å². The fraction of sp³-hybridized carbons (Fsp3) is 0.611. The number of carbonyl (C=O) groups is 2. The molecule has 2 N–H and O–H groups in total. The van der Waals surface area contributed by atoms with Crippen molar-refractivity contribution in [2.45, 2.75) is 38.6 Å². The molecule has 1 aromatic rings. The van der Waals surface area contributed by atoms with Crippen LogP contribution in [-0.4, -0.2) is 69.1 Å². The summed E-state index contributed by atoms with van der Waals surface area (Å²) in [5.74, 6) is -1.11. The van der Waals surface area contributed by atoms with Crippen molar-refractivity contribution < 1.29 is 19.8 Å². The Hall–Kier alpha value is -2.15. The molecule has 0 radical (unpaired) electrons. The number of likely N-dealkylation sites (tertiary alicyclic amines) is 2. The van der Waals surface area contributed by atoms with Gasteiger partial charge in [-0.1, -0.05) is 6.92 Å². The van der Waals surface area contributed by atoms with Crippen LogP contribution in [0.3, 0.4) is 0 Å². The molecule has 0 aromatic carbocycles. The van der Waals surface area contributed by atoms with Gasteiger partial charge in [0.1, 0.15) is 11.8 Å². The van der Waals surface area contributed by atoms with Gasteiger partial charge in [-0.15, -0.1) is 0 Å². The van der Waals surface area contributed by atoms with Gasteiger partial charge in [0.2, 0.25) is 0 Å². The number of aliphatic carboxylic acids is 1. The third kappa shape index (κ3) is 3.46. The minimum absolute atomic E-state index is 0.0266. The number of carboxylic acid groups (broad SMARTS) is 1. The van der Waals surface area contributed by atoms with E-state index in [2.05, 4.69) is 16.8 Å². The molecular weight excluding hydrogens is 322 g/mol. The highest BCUT2D eigenvalue weighted by Crippen LogP contribution is 2.43. The molecule has 1 amide bonds. The molecule has 1 spiro atoms. The number of carboxylic acids is 1. The molecule has 7 nitrogen and oxygen atoms in total. The van der Waals surface area contributed by atoms with Gasteiger partial charge < -0.3 is 15.1 Å². The number of aromatic hydroxyl groups is 1. The molecule has 3 rings (SSSR count). The molecule has 0 aliphatic carbocycles. The Morgan fingerprint density at radius 2 is 2.08 bits per heavy atom. The predicted octanol–water partition coefficient (Wildman–Crippen LogP) is 1.58. The molecule has 136 valence electrons. The summed E-state index contributed by atoms with van der Waals surface area (Å²) in [4.78, 5) is 31.9. The number of rotatable bonds is 4. The van der Waals surface area contributed by atoms with Crippen LogP contribution < -0.4 is 0 Å². The van der Waals surface area contributed by atoms with Gasteiger partial charge in [0, 0.05) is 25.8 Å². The molecule has 2 aliphatic heterocycles. The summed E-state index contributed by atoms with van der Waals surface area (Å²) < 4.78 is 0. The lowest BCUT2D eigenvalue weighted by Gasteiger charge is -2.39. The zero-order valence-electron chi connectivity index (χ0n) is 14.5. The maximum atomic E-state index is 12.6. The molecule has 1 atom stereocenters. The van der Waals surface area contributed by atoms with Gasteiger partial charge in [0.15, 0.2) is 5.69 Å². The van der Waals surface area contributed by atoms with Gasteiger partial charge in [-0.05, 0) is 49.8 Å². The lowest BCUT2D eigenvalue weighted by atomic mass is 9.76. The van der Waals surface area contributed by atoms with E-state index in [4.69, 9.17) is 0 Å². The van der Waals surface area contributed by atoms with Gasteiger partial charge >= 0.3 is 5.97 Å². The van der Waals surface area contributed by atoms with E-state index < -0.39 is 12.0 Å². The number of carbonyl (C=O) groups excluding carboxylic acids is 1. The lowest BCUT2D eigenvalue weighted by molar-refractivity contribution is -0.142. The Morgan fingerprint density at radius 3 is 2.68 bits per heavy atom. The fourth-order valence-electron chi connectivity index (χ4n) is 4.17. The molecule has 0 bridgehead atoms. The van der Waals surface area contributed by atoms with Crippen LogP contribution in [-0.2, 0) is 4.79 Å². The quantitative estimate of drug-likeness (QED) is 0.859. The molecule has 1 aromatic heterocycles. The van der Waals surface area contributed by atoms with Crippen LogP contribution in [0, 0.1) is 5.41 Å². The average Bonchev–Trinajstić information content (AvgIpc) is 2.94. The molecular formula is C18H25N3O4. The first-order chi connectivity index (χ1) is 12.0. The summed E-state index contributed by atoms with van der Waals surface area (Å²) in [7, 11) is 0. The van der Waals surface area contributed by atoms with Crippen LogP contribution in [0.1, 0.15) is 43.1 Å².